The molecule has 3 N–H and O–H groups in total. The third kappa shape index (κ3) is 3.09. The predicted octanol–water partition coefficient (Wildman–Crippen LogP) is 3.55. The Morgan fingerprint density at radius 2 is 1.84 bits per heavy atom. The van der Waals surface area contributed by atoms with Crippen LogP contribution in [-0.4, -0.2) is 11.0 Å². The zero-order valence-electron chi connectivity index (χ0n) is 10.9. The number of nitrogens with two attached hydrogens (primary N) is 1. The lowest BCUT2D eigenvalue weighted by Crippen LogP contribution is -2.14. The molecule has 2 rings (SSSR count). The second-order valence-corrected chi connectivity index (χ2v) is 5.44. The Balaban J connectivity index is 2.41. The van der Waals surface area contributed by atoms with E-state index in [1.54, 1.807) is 11.8 Å². The summed E-state index contributed by atoms with van der Waals surface area (Å²) in [6.45, 7) is 4.15. The van der Waals surface area contributed by atoms with Crippen LogP contribution in [-0.2, 0) is 0 Å². The Labute approximate surface area is 117 Å². The van der Waals surface area contributed by atoms with Crippen LogP contribution in [0.5, 0.6) is 0 Å². The molecule has 0 fully saturated rings. The average Bonchev–Trinajstić information content (AvgIpc) is 2.42. The number of hydrogen-bond acceptors (Lipinski definition) is 3. The van der Waals surface area contributed by atoms with E-state index in [-0.39, 0.29) is 5.84 Å². The molecule has 4 heteroatoms. The second-order valence-electron chi connectivity index (χ2n) is 4.35. The van der Waals surface area contributed by atoms with Crippen molar-refractivity contribution in [3.63, 3.8) is 0 Å². The van der Waals surface area contributed by atoms with Crippen molar-refractivity contribution in [3.8, 4) is 0 Å². The summed E-state index contributed by atoms with van der Waals surface area (Å²) in [6.07, 6.45) is 0. The minimum atomic E-state index is 0.133. The highest BCUT2D eigenvalue weighted by molar-refractivity contribution is 7.99. The SMILES string of the molecule is Cc1ccc(C)c(Sc2ccccc2/C(N)=N/O)c1. The molecule has 0 heterocycles. The molecule has 98 valence electrons. The zero-order valence-corrected chi connectivity index (χ0v) is 11.7. The second kappa shape index (κ2) is 5.80. The summed E-state index contributed by atoms with van der Waals surface area (Å²) in [5.41, 5.74) is 8.88. The van der Waals surface area contributed by atoms with Crippen molar-refractivity contribution in [2.24, 2.45) is 10.9 Å². The zero-order chi connectivity index (χ0) is 13.8. The number of oxime groups is 1. The monoisotopic (exact) mass is 272 g/mol. The maximum Gasteiger partial charge on any atom is 0.171 e. The Hall–Kier alpha value is -1.94. The van der Waals surface area contributed by atoms with Crippen molar-refractivity contribution in [2.75, 3.05) is 0 Å². The van der Waals surface area contributed by atoms with E-state index in [2.05, 4.69) is 37.2 Å². The summed E-state index contributed by atoms with van der Waals surface area (Å²) in [4.78, 5) is 2.16. The van der Waals surface area contributed by atoms with E-state index in [0.29, 0.717) is 0 Å². The average molecular weight is 272 g/mol. The van der Waals surface area contributed by atoms with E-state index in [4.69, 9.17) is 10.9 Å². The Morgan fingerprint density at radius 3 is 2.58 bits per heavy atom. The van der Waals surface area contributed by atoms with Crippen LogP contribution < -0.4 is 5.73 Å². The van der Waals surface area contributed by atoms with E-state index in [1.165, 1.54) is 16.0 Å². The third-order valence-electron chi connectivity index (χ3n) is 2.83. The lowest BCUT2D eigenvalue weighted by Gasteiger charge is -2.10. The standard InChI is InChI=1S/C15H16N2OS/c1-10-7-8-11(2)14(9-10)19-13-6-4-3-5-12(13)15(16)17-18/h3-9,18H,1-2H3,(H2,16,17). The van der Waals surface area contributed by atoms with Crippen molar-refractivity contribution in [2.45, 2.75) is 23.6 Å². The molecule has 0 radical (unpaired) electrons. The van der Waals surface area contributed by atoms with Gasteiger partial charge in [-0.05, 0) is 37.1 Å². The fourth-order valence-electron chi connectivity index (χ4n) is 1.76. The largest absolute Gasteiger partial charge is 0.409 e. The molecule has 2 aromatic rings. The molecule has 2 aromatic carbocycles. The van der Waals surface area contributed by atoms with Gasteiger partial charge in [-0.1, -0.05) is 47.2 Å². The van der Waals surface area contributed by atoms with Crippen LogP contribution in [0.4, 0.5) is 0 Å². The topological polar surface area (TPSA) is 58.6 Å². The van der Waals surface area contributed by atoms with Crippen molar-refractivity contribution in [1.82, 2.24) is 0 Å². The summed E-state index contributed by atoms with van der Waals surface area (Å²) in [7, 11) is 0. The number of benzene rings is 2. The normalized spacial score (nSPS) is 11.6. The quantitative estimate of drug-likeness (QED) is 0.389. The van der Waals surface area contributed by atoms with Gasteiger partial charge < -0.3 is 10.9 Å². The van der Waals surface area contributed by atoms with Crippen LogP contribution in [0.1, 0.15) is 16.7 Å². The summed E-state index contributed by atoms with van der Waals surface area (Å²) >= 11 is 1.63. The van der Waals surface area contributed by atoms with Crippen molar-refractivity contribution in [1.29, 1.82) is 0 Å². The molecular formula is C15H16N2OS. The van der Waals surface area contributed by atoms with Gasteiger partial charge in [0.05, 0.1) is 0 Å². The van der Waals surface area contributed by atoms with Gasteiger partial charge in [0.2, 0.25) is 0 Å². The van der Waals surface area contributed by atoms with Gasteiger partial charge in [-0.2, -0.15) is 0 Å². The van der Waals surface area contributed by atoms with Crippen molar-refractivity contribution >= 4 is 17.6 Å². The fraction of sp³-hybridized carbons (Fsp3) is 0.133. The molecule has 3 nitrogen and oxygen atoms in total. The van der Waals surface area contributed by atoms with Gasteiger partial charge in [0.1, 0.15) is 0 Å². The number of hydrogen-bond donors (Lipinski definition) is 2. The van der Waals surface area contributed by atoms with Gasteiger partial charge in [-0.15, -0.1) is 0 Å². The number of aryl methyl sites for hydroxylation is 2. The lowest BCUT2D eigenvalue weighted by molar-refractivity contribution is 0.318. The molecule has 0 saturated carbocycles. The van der Waals surface area contributed by atoms with E-state index >= 15 is 0 Å². The highest BCUT2D eigenvalue weighted by atomic mass is 32.2. The summed E-state index contributed by atoms with van der Waals surface area (Å²) in [5, 5.41) is 11.9. The van der Waals surface area contributed by atoms with Crippen LogP contribution >= 0.6 is 11.8 Å². The first-order valence-corrected chi connectivity index (χ1v) is 6.75. The van der Waals surface area contributed by atoms with Crippen molar-refractivity contribution in [3.05, 3.63) is 59.2 Å². The minimum Gasteiger partial charge on any atom is -0.409 e. The minimum absolute atomic E-state index is 0.133. The summed E-state index contributed by atoms with van der Waals surface area (Å²) < 4.78 is 0. The molecule has 0 atom stereocenters. The highest BCUT2D eigenvalue weighted by Gasteiger charge is 2.09. The van der Waals surface area contributed by atoms with Crippen LogP contribution in [0.2, 0.25) is 0 Å². The molecule has 0 bridgehead atoms. The van der Waals surface area contributed by atoms with Crippen LogP contribution in [0, 0.1) is 13.8 Å². The molecule has 19 heavy (non-hydrogen) atoms. The first kappa shape index (κ1) is 13.5. The first-order chi connectivity index (χ1) is 9.11. The summed E-state index contributed by atoms with van der Waals surface area (Å²) in [6, 6.07) is 14.0. The van der Waals surface area contributed by atoms with Gasteiger partial charge in [-0.25, -0.2) is 0 Å². The van der Waals surface area contributed by atoms with Crippen LogP contribution in [0.3, 0.4) is 0 Å². The van der Waals surface area contributed by atoms with Crippen LogP contribution in [0.25, 0.3) is 0 Å². The van der Waals surface area contributed by atoms with E-state index < -0.39 is 0 Å². The number of amidine groups is 1. The molecule has 0 aromatic heterocycles. The maximum absolute atomic E-state index is 8.83. The van der Waals surface area contributed by atoms with E-state index in [1.807, 2.05) is 24.3 Å². The molecule has 0 aliphatic carbocycles. The van der Waals surface area contributed by atoms with Crippen molar-refractivity contribution < 1.29 is 5.21 Å². The van der Waals surface area contributed by atoms with Gasteiger partial charge >= 0.3 is 0 Å². The molecule has 0 spiro atoms. The Bertz CT molecular complexity index is 623. The maximum atomic E-state index is 8.83. The van der Waals surface area contributed by atoms with Gasteiger partial charge in [0.15, 0.2) is 5.84 Å². The highest BCUT2D eigenvalue weighted by Crippen LogP contribution is 2.33. The Kier molecular flexibility index (Phi) is 4.12. The molecule has 0 amide bonds. The number of rotatable bonds is 3. The molecular weight excluding hydrogens is 256 g/mol. The molecule has 0 aliphatic heterocycles. The third-order valence-corrected chi connectivity index (χ3v) is 4.07. The van der Waals surface area contributed by atoms with Crippen LogP contribution in [0.15, 0.2) is 57.4 Å². The molecule has 0 saturated heterocycles. The predicted molar refractivity (Wildman–Crippen MR) is 79.0 cm³/mol. The lowest BCUT2D eigenvalue weighted by atomic mass is 10.2. The van der Waals surface area contributed by atoms with Gasteiger partial charge in [-0.3, -0.25) is 0 Å². The van der Waals surface area contributed by atoms with Gasteiger partial charge in [0, 0.05) is 15.4 Å². The van der Waals surface area contributed by atoms with E-state index in [9.17, 15) is 0 Å². The van der Waals surface area contributed by atoms with Gasteiger partial charge in [0.25, 0.3) is 0 Å². The summed E-state index contributed by atoms with van der Waals surface area (Å²) in [5.74, 6) is 0.133. The molecule has 0 aliphatic rings. The number of nitrogens with zero attached hydrogens (tertiary/aromatic N) is 1. The smallest absolute Gasteiger partial charge is 0.171 e. The van der Waals surface area contributed by atoms with E-state index in [0.717, 1.165) is 10.5 Å². The first-order valence-electron chi connectivity index (χ1n) is 5.94. The molecule has 0 unspecified atom stereocenters. The fourth-order valence-corrected chi connectivity index (χ4v) is 2.90. The Morgan fingerprint density at radius 1 is 1.11 bits per heavy atom.